The molecule has 2 aliphatic rings. The lowest BCUT2D eigenvalue weighted by Crippen LogP contribution is -2.30. The van der Waals surface area contributed by atoms with Crippen LogP contribution in [0, 0.1) is 5.92 Å². The van der Waals surface area contributed by atoms with Gasteiger partial charge in [0, 0.05) is 10.4 Å². The van der Waals surface area contributed by atoms with Gasteiger partial charge in [-0.2, -0.15) is 0 Å². The molecule has 1 aliphatic heterocycles. The van der Waals surface area contributed by atoms with Crippen molar-refractivity contribution < 1.29 is 9.90 Å². The molecule has 2 aromatic carbocycles. The Morgan fingerprint density at radius 2 is 1.96 bits per heavy atom. The zero-order chi connectivity index (χ0) is 16.0. The van der Waals surface area contributed by atoms with Crippen molar-refractivity contribution in [1.82, 2.24) is 0 Å². The fraction of sp³-hybridized carbons (Fsp3) is 0.211. The molecule has 0 radical (unpaired) electrons. The number of benzene rings is 2. The maximum atomic E-state index is 11.6. The fourth-order valence-corrected chi connectivity index (χ4v) is 4.06. The van der Waals surface area contributed by atoms with Crippen molar-refractivity contribution in [3.05, 3.63) is 75.8 Å². The van der Waals surface area contributed by atoms with Crippen LogP contribution in [0.4, 0.5) is 5.69 Å². The van der Waals surface area contributed by atoms with Gasteiger partial charge >= 0.3 is 5.97 Å². The van der Waals surface area contributed by atoms with E-state index >= 15 is 0 Å². The molecule has 0 saturated heterocycles. The molecule has 3 unspecified atom stereocenters. The highest BCUT2D eigenvalue weighted by molar-refractivity contribution is 9.10. The normalized spacial score (nSPS) is 24.7. The number of hydrogen-bond donors (Lipinski definition) is 2. The lowest BCUT2D eigenvalue weighted by Gasteiger charge is -2.38. The molecule has 2 aromatic rings. The number of carboxylic acids is 1. The lowest BCUT2D eigenvalue weighted by atomic mass is 9.76. The van der Waals surface area contributed by atoms with Crippen LogP contribution in [-0.2, 0) is 0 Å². The number of allylic oxidation sites excluding steroid dienone is 2. The first-order chi connectivity index (χ1) is 11.1. The predicted molar refractivity (Wildman–Crippen MR) is 93.9 cm³/mol. The summed E-state index contributed by atoms with van der Waals surface area (Å²) in [5.41, 5.74) is 3.40. The van der Waals surface area contributed by atoms with E-state index in [4.69, 9.17) is 0 Å². The van der Waals surface area contributed by atoms with Crippen molar-refractivity contribution in [3.8, 4) is 0 Å². The molecule has 0 amide bonds. The molecule has 3 nitrogen and oxygen atoms in total. The fourth-order valence-electron chi connectivity index (χ4n) is 3.80. The van der Waals surface area contributed by atoms with Gasteiger partial charge in [-0.1, -0.05) is 52.3 Å². The highest BCUT2D eigenvalue weighted by Crippen LogP contribution is 2.50. The van der Waals surface area contributed by atoms with Crippen LogP contribution in [0.3, 0.4) is 0 Å². The molecule has 2 N–H and O–H groups in total. The molecule has 0 bridgehead atoms. The Morgan fingerprint density at radius 3 is 2.70 bits per heavy atom. The van der Waals surface area contributed by atoms with Gasteiger partial charge in [-0.25, -0.2) is 4.79 Å². The Labute approximate surface area is 143 Å². The number of hydrogen-bond acceptors (Lipinski definition) is 2. The second kappa shape index (κ2) is 5.53. The summed E-state index contributed by atoms with van der Waals surface area (Å²) in [4.78, 5) is 11.6. The zero-order valence-electron chi connectivity index (χ0n) is 12.4. The van der Waals surface area contributed by atoms with Crippen molar-refractivity contribution in [2.75, 3.05) is 5.32 Å². The Bertz CT molecular complexity index is 798. The van der Waals surface area contributed by atoms with Crippen LogP contribution in [-0.4, -0.2) is 11.1 Å². The van der Waals surface area contributed by atoms with E-state index in [1.807, 2.05) is 24.3 Å². The summed E-state index contributed by atoms with van der Waals surface area (Å²) in [6.45, 7) is 0. The highest BCUT2D eigenvalue weighted by atomic mass is 79.9. The first-order valence-electron chi connectivity index (χ1n) is 7.70. The Hall–Kier alpha value is -2.07. The summed E-state index contributed by atoms with van der Waals surface area (Å²) >= 11 is 3.47. The van der Waals surface area contributed by atoms with Crippen molar-refractivity contribution in [2.24, 2.45) is 5.92 Å². The summed E-state index contributed by atoms with van der Waals surface area (Å²) in [6, 6.07) is 14.0. The van der Waals surface area contributed by atoms with Gasteiger partial charge in [0.25, 0.3) is 0 Å². The average molecular weight is 370 g/mol. The summed E-state index contributed by atoms with van der Waals surface area (Å²) in [7, 11) is 0. The molecule has 116 valence electrons. The zero-order valence-corrected chi connectivity index (χ0v) is 14.0. The summed E-state index contributed by atoms with van der Waals surface area (Å²) < 4.78 is 1.05. The first-order valence-corrected chi connectivity index (χ1v) is 8.49. The quantitative estimate of drug-likeness (QED) is 0.734. The summed E-state index contributed by atoms with van der Waals surface area (Å²) in [5.74, 6) is -0.184. The summed E-state index contributed by atoms with van der Waals surface area (Å²) in [6.07, 6.45) is 5.45. The van der Waals surface area contributed by atoms with Crippen molar-refractivity contribution in [3.63, 3.8) is 0 Å². The van der Waals surface area contributed by atoms with Crippen molar-refractivity contribution in [1.29, 1.82) is 0 Å². The van der Waals surface area contributed by atoms with E-state index in [1.54, 1.807) is 6.07 Å². The molecule has 23 heavy (non-hydrogen) atoms. The number of carboxylic acid groups (broad SMARTS) is 1. The number of anilines is 1. The number of carbonyl (C=O) groups is 1. The molecule has 4 heteroatoms. The van der Waals surface area contributed by atoms with Crippen molar-refractivity contribution >= 4 is 27.6 Å². The van der Waals surface area contributed by atoms with Gasteiger partial charge in [0.2, 0.25) is 0 Å². The largest absolute Gasteiger partial charge is 0.478 e. The maximum Gasteiger partial charge on any atom is 0.337 e. The highest BCUT2D eigenvalue weighted by Gasteiger charge is 2.39. The van der Waals surface area contributed by atoms with Crippen LogP contribution < -0.4 is 5.32 Å². The van der Waals surface area contributed by atoms with Crippen LogP contribution in [0.15, 0.2) is 59.1 Å². The molecule has 1 aliphatic carbocycles. The van der Waals surface area contributed by atoms with Crippen LogP contribution >= 0.6 is 15.9 Å². The van der Waals surface area contributed by atoms with Crippen LogP contribution in [0.2, 0.25) is 0 Å². The third-order valence-electron chi connectivity index (χ3n) is 4.86. The van der Waals surface area contributed by atoms with E-state index < -0.39 is 5.97 Å². The van der Waals surface area contributed by atoms with E-state index in [9.17, 15) is 9.90 Å². The molecule has 0 spiro atoms. The topological polar surface area (TPSA) is 49.3 Å². The smallest absolute Gasteiger partial charge is 0.337 e. The number of para-hydroxylation sites is 1. The minimum Gasteiger partial charge on any atom is -0.478 e. The lowest BCUT2D eigenvalue weighted by molar-refractivity contribution is 0.0697. The molecule has 3 atom stereocenters. The van der Waals surface area contributed by atoms with Crippen molar-refractivity contribution in [2.45, 2.75) is 18.4 Å². The number of fused-ring (bicyclic) bond motifs is 3. The standard InChI is InChI=1S/C19H16BrNO2/c20-12-9-7-11(8-10-12)17-14-4-1-3-13(14)15-5-2-6-16(19(22)23)18(15)21-17/h1-3,5-10,13-14,17,21H,4H2,(H,22,23). The molecule has 0 fully saturated rings. The van der Waals surface area contributed by atoms with Gasteiger partial charge in [0.05, 0.1) is 17.3 Å². The summed E-state index contributed by atoms with van der Waals surface area (Å²) in [5, 5.41) is 13.0. The number of halogens is 1. The van der Waals surface area contributed by atoms with Gasteiger partial charge in [-0.05, 0) is 41.7 Å². The van der Waals surface area contributed by atoms with Gasteiger partial charge < -0.3 is 10.4 Å². The van der Waals surface area contributed by atoms with Crippen LogP contribution in [0.5, 0.6) is 0 Å². The molecule has 4 rings (SSSR count). The van der Waals surface area contributed by atoms with E-state index in [-0.39, 0.29) is 12.0 Å². The number of nitrogens with one attached hydrogen (secondary N) is 1. The van der Waals surface area contributed by atoms with E-state index in [0.717, 1.165) is 22.1 Å². The third-order valence-corrected chi connectivity index (χ3v) is 5.38. The molecular weight excluding hydrogens is 354 g/mol. The Kier molecular flexibility index (Phi) is 3.49. The minimum atomic E-state index is -0.885. The van der Waals surface area contributed by atoms with E-state index in [2.05, 4.69) is 45.5 Å². The molecule has 0 aromatic heterocycles. The minimum absolute atomic E-state index is 0.121. The Balaban J connectivity index is 1.83. The third kappa shape index (κ3) is 2.38. The monoisotopic (exact) mass is 369 g/mol. The Morgan fingerprint density at radius 1 is 1.17 bits per heavy atom. The molecular formula is C19H16BrNO2. The van der Waals surface area contributed by atoms with Crippen LogP contribution in [0.1, 0.15) is 39.9 Å². The molecule has 0 saturated carbocycles. The second-order valence-corrected chi connectivity index (χ2v) is 7.02. The van der Waals surface area contributed by atoms with Gasteiger partial charge in [0.1, 0.15) is 0 Å². The van der Waals surface area contributed by atoms with E-state index in [0.29, 0.717) is 11.5 Å². The predicted octanol–water partition coefficient (Wildman–Crippen LogP) is 4.97. The van der Waals surface area contributed by atoms with Gasteiger partial charge in [0.15, 0.2) is 0 Å². The second-order valence-electron chi connectivity index (χ2n) is 6.10. The number of aromatic carboxylic acids is 1. The number of rotatable bonds is 2. The molecule has 1 heterocycles. The van der Waals surface area contributed by atoms with Gasteiger partial charge in [-0.15, -0.1) is 0 Å². The maximum absolute atomic E-state index is 11.6. The van der Waals surface area contributed by atoms with Crippen LogP contribution in [0.25, 0.3) is 0 Å². The van der Waals surface area contributed by atoms with Gasteiger partial charge in [-0.3, -0.25) is 0 Å². The average Bonchev–Trinajstić information content (AvgIpc) is 3.04. The first kappa shape index (κ1) is 14.5. The van der Waals surface area contributed by atoms with E-state index in [1.165, 1.54) is 5.56 Å². The SMILES string of the molecule is O=C(O)c1cccc2c1NC(c1ccc(Br)cc1)C1CC=CC21.